The molecule has 0 radical (unpaired) electrons. The summed E-state index contributed by atoms with van der Waals surface area (Å²) in [6, 6.07) is 0. The Labute approximate surface area is 101 Å². The highest BCUT2D eigenvalue weighted by molar-refractivity contribution is 4.53. The van der Waals surface area contributed by atoms with Gasteiger partial charge in [0.15, 0.2) is 0 Å². The minimum atomic E-state index is -4.01. The van der Waals surface area contributed by atoms with Crippen LogP contribution in [-0.2, 0) is 0 Å². The lowest BCUT2D eigenvalue weighted by molar-refractivity contribution is -0.135. The van der Waals surface area contributed by atoms with Crippen molar-refractivity contribution in [1.29, 1.82) is 0 Å². The van der Waals surface area contributed by atoms with Crippen LogP contribution in [0.25, 0.3) is 0 Å². The third-order valence-corrected chi connectivity index (χ3v) is 2.69. The van der Waals surface area contributed by atoms with Crippen molar-refractivity contribution in [3.05, 3.63) is 0 Å². The molecule has 0 aromatic heterocycles. The Morgan fingerprint density at radius 3 is 1.59 bits per heavy atom. The van der Waals surface area contributed by atoms with E-state index in [0.29, 0.717) is 12.8 Å². The van der Waals surface area contributed by atoms with Crippen molar-refractivity contribution in [3.8, 4) is 0 Å². The van der Waals surface area contributed by atoms with E-state index in [1.165, 1.54) is 0 Å². The lowest BCUT2D eigenvalue weighted by atomic mass is 10.1. The molecule has 1 unspecified atom stereocenters. The number of hydrogen-bond acceptors (Lipinski definition) is 1. The first-order valence-corrected chi connectivity index (χ1v) is 6.38. The summed E-state index contributed by atoms with van der Waals surface area (Å²) < 4.78 is 47.6. The van der Waals surface area contributed by atoms with Crippen molar-refractivity contribution >= 4 is 0 Å². The molecular weight excluding hydrogens is 234 g/mol. The van der Waals surface area contributed by atoms with Crippen molar-refractivity contribution in [2.24, 2.45) is 5.73 Å². The molecule has 0 spiro atoms. The summed E-state index contributed by atoms with van der Waals surface area (Å²) in [7, 11) is 0. The van der Waals surface area contributed by atoms with E-state index < -0.39 is 18.9 Å². The summed E-state index contributed by atoms with van der Waals surface area (Å²) in [5, 5.41) is 0. The van der Waals surface area contributed by atoms with Gasteiger partial charge in [0.1, 0.15) is 6.30 Å². The van der Waals surface area contributed by atoms with Gasteiger partial charge < -0.3 is 5.73 Å². The zero-order valence-electron chi connectivity index (χ0n) is 10.2. The summed E-state index contributed by atoms with van der Waals surface area (Å²) in [5.41, 5.74) is 4.96. The largest absolute Gasteiger partial charge is 0.389 e. The van der Waals surface area contributed by atoms with E-state index in [2.05, 4.69) is 0 Å². The number of hydrogen-bond donors (Lipinski definition) is 1. The average molecular weight is 257 g/mol. The van der Waals surface area contributed by atoms with E-state index >= 15 is 0 Å². The van der Waals surface area contributed by atoms with Crippen molar-refractivity contribution < 1.29 is 17.6 Å². The normalized spacial score (nSPS) is 13.9. The maximum Gasteiger partial charge on any atom is 0.389 e. The molecule has 1 nitrogen and oxygen atoms in total. The quantitative estimate of drug-likeness (QED) is 0.342. The fourth-order valence-corrected chi connectivity index (χ4v) is 1.73. The Morgan fingerprint density at radius 2 is 1.18 bits per heavy atom. The average Bonchev–Trinajstić information content (AvgIpc) is 2.18. The maximum atomic E-state index is 12.2. The predicted octanol–water partition coefficient (Wildman–Crippen LogP) is 4.70. The Balaban J connectivity index is 3.04. The van der Waals surface area contributed by atoms with Crippen LogP contribution in [0.1, 0.15) is 64.2 Å². The first-order valence-electron chi connectivity index (χ1n) is 6.38. The first kappa shape index (κ1) is 16.7. The van der Waals surface area contributed by atoms with E-state index in [9.17, 15) is 17.6 Å². The number of halogens is 4. The molecule has 0 aromatic carbocycles. The molecule has 5 heteroatoms. The van der Waals surface area contributed by atoms with Crippen molar-refractivity contribution in [1.82, 2.24) is 0 Å². The van der Waals surface area contributed by atoms with Crippen LogP contribution in [0.2, 0.25) is 0 Å². The highest BCUT2D eigenvalue weighted by atomic mass is 19.4. The van der Waals surface area contributed by atoms with E-state index in [4.69, 9.17) is 5.73 Å². The number of rotatable bonds is 10. The van der Waals surface area contributed by atoms with Crippen LogP contribution in [0, 0.1) is 0 Å². The molecule has 0 fully saturated rings. The third-order valence-electron chi connectivity index (χ3n) is 2.69. The summed E-state index contributed by atoms with van der Waals surface area (Å²) in [6.45, 7) is 0. The minimum absolute atomic E-state index is 0.236. The second kappa shape index (κ2) is 9.68. The molecule has 0 aromatic rings. The van der Waals surface area contributed by atoms with Crippen molar-refractivity contribution in [3.63, 3.8) is 0 Å². The molecule has 1 atom stereocenters. The van der Waals surface area contributed by atoms with E-state index in [0.717, 1.165) is 38.5 Å². The first-order chi connectivity index (χ1) is 7.92. The van der Waals surface area contributed by atoms with Crippen LogP contribution in [0.4, 0.5) is 17.6 Å². The van der Waals surface area contributed by atoms with Gasteiger partial charge in [0.2, 0.25) is 0 Å². The van der Waals surface area contributed by atoms with Gasteiger partial charge in [0, 0.05) is 6.42 Å². The van der Waals surface area contributed by atoms with Gasteiger partial charge in [-0.05, 0) is 19.3 Å². The van der Waals surface area contributed by atoms with E-state index in [-0.39, 0.29) is 6.42 Å². The van der Waals surface area contributed by atoms with Gasteiger partial charge in [-0.3, -0.25) is 0 Å². The fraction of sp³-hybridized carbons (Fsp3) is 1.00. The zero-order chi connectivity index (χ0) is 13.1. The van der Waals surface area contributed by atoms with E-state index in [1.54, 1.807) is 0 Å². The zero-order valence-corrected chi connectivity index (χ0v) is 10.2. The lowest BCUT2D eigenvalue weighted by Gasteiger charge is -2.05. The molecule has 0 amide bonds. The highest BCUT2D eigenvalue weighted by Crippen LogP contribution is 2.23. The minimum Gasteiger partial charge on any atom is -0.302 e. The summed E-state index contributed by atoms with van der Waals surface area (Å²) in [4.78, 5) is 0. The van der Waals surface area contributed by atoms with Gasteiger partial charge in [0.05, 0.1) is 0 Å². The van der Waals surface area contributed by atoms with Gasteiger partial charge in [0.25, 0.3) is 0 Å². The third kappa shape index (κ3) is 15.7. The van der Waals surface area contributed by atoms with E-state index in [1.807, 2.05) is 0 Å². The molecule has 0 bridgehead atoms. The highest BCUT2D eigenvalue weighted by Gasteiger charge is 2.25. The fourth-order valence-electron chi connectivity index (χ4n) is 1.73. The van der Waals surface area contributed by atoms with Crippen LogP contribution in [0.3, 0.4) is 0 Å². The molecular formula is C12H23F4N. The summed E-state index contributed by atoms with van der Waals surface area (Å²) >= 11 is 0. The second-order valence-corrected chi connectivity index (χ2v) is 4.50. The smallest absolute Gasteiger partial charge is 0.302 e. The topological polar surface area (TPSA) is 26.0 Å². The molecule has 0 rings (SSSR count). The molecule has 2 N–H and O–H groups in total. The second-order valence-electron chi connectivity index (χ2n) is 4.50. The number of alkyl halides is 4. The van der Waals surface area contributed by atoms with Gasteiger partial charge >= 0.3 is 6.18 Å². The van der Waals surface area contributed by atoms with Crippen LogP contribution >= 0.6 is 0 Å². The van der Waals surface area contributed by atoms with Crippen molar-refractivity contribution in [2.75, 3.05) is 0 Å². The summed E-state index contributed by atoms with van der Waals surface area (Å²) in [6.07, 6.45) is 1.04. The van der Waals surface area contributed by atoms with Gasteiger partial charge in [-0.2, -0.15) is 13.2 Å². The Hall–Kier alpha value is -0.320. The monoisotopic (exact) mass is 257 g/mol. The lowest BCUT2D eigenvalue weighted by Crippen LogP contribution is -2.11. The molecule has 0 aliphatic heterocycles. The van der Waals surface area contributed by atoms with Crippen LogP contribution in [0.5, 0.6) is 0 Å². The van der Waals surface area contributed by atoms with Gasteiger partial charge in [-0.25, -0.2) is 4.39 Å². The standard InChI is InChI=1S/C12H23F4N/c13-11(17)9-7-5-3-1-2-4-6-8-10-12(14,15)16/h11H,1-10,17H2. The van der Waals surface area contributed by atoms with Crippen molar-refractivity contribution in [2.45, 2.75) is 76.7 Å². The predicted molar refractivity (Wildman–Crippen MR) is 61.3 cm³/mol. The Morgan fingerprint density at radius 1 is 0.765 bits per heavy atom. The molecule has 17 heavy (non-hydrogen) atoms. The summed E-state index contributed by atoms with van der Waals surface area (Å²) in [5.74, 6) is 0. The SMILES string of the molecule is NC(F)CCCCCCCCCCC(F)(F)F. The molecule has 104 valence electrons. The molecule has 0 saturated carbocycles. The molecule has 0 aliphatic carbocycles. The maximum absolute atomic E-state index is 12.2. The van der Waals surface area contributed by atoms with Crippen LogP contribution in [0.15, 0.2) is 0 Å². The number of nitrogens with two attached hydrogens (primary N) is 1. The Bertz CT molecular complexity index is 168. The molecule has 0 heterocycles. The molecule has 0 aliphatic rings. The molecule has 0 saturated heterocycles. The number of unbranched alkanes of at least 4 members (excludes halogenated alkanes) is 7. The van der Waals surface area contributed by atoms with Gasteiger partial charge in [-0.1, -0.05) is 38.5 Å². The Kier molecular flexibility index (Phi) is 9.50. The van der Waals surface area contributed by atoms with Crippen LogP contribution < -0.4 is 5.73 Å². The van der Waals surface area contributed by atoms with Crippen LogP contribution in [-0.4, -0.2) is 12.5 Å². The van der Waals surface area contributed by atoms with Gasteiger partial charge in [-0.15, -0.1) is 0 Å².